The van der Waals surface area contributed by atoms with Gasteiger partial charge in [0.15, 0.2) is 11.5 Å². The number of cyclic esters (lactones) is 1. The Hall–Kier alpha value is -1.71. The van der Waals surface area contributed by atoms with E-state index in [-0.39, 0.29) is 5.97 Å². The van der Waals surface area contributed by atoms with Crippen molar-refractivity contribution in [2.45, 2.75) is 6.42 Å². The highest BCUT2D eigenvalue weighted by atomic mass is 16.5. The van der Waals surface area contributed by atoms with Gasteiger partial charge >= 0.3 is 5.97 Å². The first-order valence-corrected chi connectivity index (χ1v) is 4.68. The Morgan fingerprint density at radius 1 is 1.20 bits per heavy atom. The summed E-state index contributed by atoms with van der Waals surface area (Å²) in [6.07, 6.45) is 0.724. The Kier molecular flexibility index (Phi) is 2.49. The maximum Gasteiger partial charge on any atom is 0.338 e. The molecule has 2 rings (SSSR count). The summed E-state index contributed by atoms with van der Waals surface area (Å²) in [7, 11) is 3.11. The average Bonchev–Trinajstić information content (AvgIpc) is 2.28. The molecule has 80 valence electrons. The molecule has 0 radical (unpaired) electrons. The lowest BCUT2D eigenvalue weighted by Crippen LogP contribution is -2.17. The zero-order chi connectivity index (χ0) is 10.8. The van der Waals surface area contributed by atoms with E-state index in [2.05, 4.69) is 0 Å². The molecule has 0 aromatic heterocycles. The number of ether oxygens (including phenoxy) is 3. The van der Waals surface area contributed by atoms with Crippen molar-refractivity contribution in [1.29, 1.82) is 0 Å². The van der Waals surface area contributed by atoms with Crippen LogP contribution in [0.3, 0.4) is 0 Å². The summed E-state index contributed by atoms with van der Waals surface area (Å²) in [5.41, 5.74) is 1.52. The van der Waals surface area contributed by atoms with Crippen LogP contribution in [0.1, 0.15) is 15.9 Å². The first-order chi connectivity index (χ1) is 7.26. The smallest absolute Gasteiger partial charge is 0.338 e. The van der Waals surface area contributed by atoms with Crippen molar-refractivity contribution in [3.63, 3.8) is 0 Å². The van der Waals surface area contributed by atoms with Crippen LogP contribution in [0.25, 0.3) is 0 Å². The van der Waals surface area contributed by atoms with Gasteiger partial charge in [0.1, 0.15) is 0 Å². The van der Waals surface area contributed by atoms with Gasteiger partial charge in [-0.25, -0.2) is 4.79 Å². The molecule has 0 unspecified atom stereocenters. The van der Waals surface area contributed by atoms with Crippen LogP contribution in [0.5, 0.6) is 11.5 Å². The molecule has 1 aliphatic heterocycles. The van der Waals surface area contributed by atoms with Crippen LogP contribution in [0.2, 0.25) is 0 Å². The van der Waals surface area contributed by atoms with E-state index >= 15 is 0 Å². The number of methoxy groups -OCH3 is 2. The van der Waals surface area contributed by atoms with E-state index in [0.717, 1.165) is 12.0 Å². The summed E-state index contributed by atoms with van der Waals surface area (Å²) in [6.45, 7) is 0.432. The molecule has 0 amide bonds. The lowest BCUT2D eigenvalue weighted by atomic mass is 10.0. The van der Waals surface area contributed by atoms with E-state index in [0.29, 0.717) is 23.7 Å². The summed E-state index contributed by atoms with van der Waals surface area (Å²) in [5.74, 6) is 0.901. The first-order valence-electron chi connectivity index (χ1n) is 4.68. The number of esters is 1. The molecular weight excluding hydrogens is 196 g/mol. The third-order valence-electron chi connectivity index (χ3n) is 2.43. The van der Waals surface area contributed by atoms with Gasteiger partial charge in [0.25, 0.3) is 0 Å². The number of fused-ring (bicyclic) bond motifs is 1. The molecule has 0 bridgehead atoms. The van der Waals surface area contributed by atoms with E-state index in [1.54, 1.807) is 20.3 Å². The summed E-state index contributed by atoms with van der Waals surface area (Å²) in [6, 6.07) is 3.49. The van der Waals surface area contributed by atoms with Crippen molar-refractivity contribution in [1.82, 2.24) is 0 Å². The highest BCUT2D eigenvalue weighted by Crippen LogP contribution is 2.32. The Balaban J connectivity index is 2.53. The van der Waals surface area contributed by atoms with Gasteiger partial charge in [-0.15, -0.1) is 0 Å². The fourth-order valence-electron chi connectivity index (χ4n) is 1.65. The summed E-state index contributed by atoms with van der Waals surface area (Å²) >= 11 is 0. The number of hydrogen-bond donors (Lipinski definition) is 0. The molecule has 0 fully saturated rings. The van der Waals surface area contributed by atoms with Crippen molar-refractivity contribution in [2.24, 2.45) is 0 Å². The van der Waals surface area contributed by atoms with Crippen molar-refractivity contribution >= 4 is 5.97 Å². The minimum Gasteiger partial charge on any atom is -0.493 e. The third-order valence-corrected chi connectivity index (χ3v) is 2.43. The lowest BCUT2D eigenvalue weighted by molar-refractivity contribution is 0.0479. The second-order valence-electron chi connectivity index (χ2n) is 3.25. The molecule has 1 aromatic carbocycles. The minimum atomic E-state index is -0.294. The van der Waals surface area contributed by atoms with E-state index in [9.17, 15) is 4.79 Å². The van der Waals surface area contributed by atoms with Crippen LogP contribution in [0.15, 0.2) is 12.1 Å². The molecule has 0 aliphatic carbocycles. The van der Waals surface area contributed by atoms with E-state index in [1.165, 1.54) is 0 Å². The molecule has 1 aliphatic rings. The van der Waals surface area contributed by atoms with Gasteiger partial charge in [0.2, 0.25) is 0 Å². The Morgan fingerprint density at radius 3 is 2.53 bits per heavy atom. The van der Waals surface area contributed by atoms with Gasteiger partial charge in [-0.3, -0.25) is 0 Å². The average molecular weight is 208 g/mol. The Morgan fingerprint density at radius 2 is 1.87 bits per heavy atom. The maximum atomic E-state index is 11.4. The van der Waals surface area contributed by atoms with Gasteiger partial charge in [0.05, 0.1) is 26.4 Å². The van der Waals surface area contributed by atoms with Crippen LogP contribution in [0, 0.1) is 0 Å². The fourth-order valence-corrected chi connectivity index (χ4v) is 1.65. The lowest BCUT2D eigenvalue weighted by Gasteiger charge is -2.18. The monoisotopic (exact) mass is 208 g/mol. The SMILES string of the molecule is COc1cc2c(cc1OC)C(=O)OCC2. The number of carbonyl (C=O) groups excluding carboxylic acids is 1. The molecule has 4 heteroatoms. The van der Waals surface area contributed by atoms with Crippen molar-refractivity contribution < 1.29 is 19.0 Å². The van der Waals surface area contributed by atoms with Gasteiger partial charge in [0, 0.05) is 6.42 Å². The van der Waals surface area contributed by atoms with Gasteiger partial charge in [-0.05, 0) is 17.7 Å². The first kappa shape index (κ1) is 9.83. The van der Waals surface area contributed by atoms with Crippen molar-refractivity contribution in [3.8, 4) is 11.5 Å². The molecule has 15 heavy (non-hydrogen) atoms. The number of carbonyl (C=O) groups is 1. The second-order valence-corrected chi connectivity index (χ2v) is 3.25. The largest absolute Gasteiger partial charge is 0.493 e. The summed E-state index contributed by atoms with van der Waals surface area (Å²) in [5, 5.41) is 0. The normalized spacial score (nSPS) is 14.1. The van der Waals surface area contributed by atoms with Crippen LogP contribution in [0.4, 0.5) is 0 Å². The Bertz CT molecular complexity index is 398. The molecule has 0 N–H and O–H groups in total. The van der Waals surface area contributed by atoms with E-state index in [1.807, 2.05) is 6.07 Å². The third kappa shape index (κ3) is 1.63. The summed E-state index contributed by atoms with van der Waals surface area (Å²) in [4.78, 5) is 11.4. The predicted molar refractivity (Wildman–Crippen MR) is 53.5 cm³/mol. The molecule has 0 saturated heterocycles. The van der Waals surface area contributed by atoms with Crippen LogP contribution in [-0.4, -0.2) is 26.8 Å². The minimum absolute atomic E-state index is 0.294. The highest BCUT2D eigenvalue weighted by molar-refractivity contribution is 5.93. The molecule has 0 atom stereocenters. The number of benzene rings is 1. The second kappa shape index (κ2) is 3.81. The van der Waals surface area contributed by atoms with E-state index < -0.39 is 0 Å². The molecule has 4 nitrogen and oxygen atoms in total. The number of rotatable bonds is 2. The van der Waals surface area contributed by atoms with Gasteiger partial charge < -0.3 is 14.2 Å². The molecule has 0 saturated carbocycles. The van der Waals surface area contributed by atoms with Gasteiger partial charge in [-0.2, -0.15) is 0 Å². The summed E-state index contributed by atoms with van der Waals surface area (Å²) < 4.78 is 15.2. The molecule has 1 heterocycles. The molecule has 1 aromatic rings. The highest BCUT2D eigenvalue weighted by Gasteiger charge is 2.21. The van der Waals surface area contributed by atoms with Crippen LogP contribution >= 0.6 is 0 Å². The molecule has 0 spiro atoms. The molecular formula is C11H12O4. The fraction of sp³-hybridized carbons (Fsp3) is 0.364. The predicted octanol–water partition coefficient (Wildman–Crippen LogP) is 1.42. The maximum absolute atomic E-state index is 11.4. The quantitative estimate of drug-likeness (QED) is 0.689. The van der Waals surface area contributed by atoms with Crippen LogP contribution in [-0.2, 0) is 11.2 Å². The Labute approximate surface area is 87.8 Å². The van der Waals surface area contributed by atoms with E-state index in [4.69, 9.17) is 14.2 Å². The van der Waals surface area contributed by atoms with Gasteiger partial charge in [-0.1, -0.05) is 0 Å². The van der Waals surface area contributed by atoms with Crippen LogP contribution < -0.4 is 9.47 Å². The number of hydrogen-bond acceptors (Lipinski definition) is 4. The van der Waals surface area contributed by atoms with Crippen molar-refractivity contribution in [3.05, 3.63) is 23.3 Å². The standard InChI is InChI=1S/C11H12O4/c1-13-9-5-7-3-4-15-11(12)8(7)6-10(9)14-2/h5-6H,3-4H2,1-2H3. The zero-order valence-electron chi connectivity index (χ0n) is 8.70. The zero-order valence-corrected chi connectivity index (χ0v) is 8.70. The topological polar surface area (TPSA) is 44.8 Å². The van der Waals surface area contributed by atoms with Crippen molar-refractivity contribution in [2.75, 3.05) is 20.8 Å².